The zero-order chi connectivity index (χ0) is 70.4. The molecule has 23 rings (SSSR count). The maximum Gasteiger partial charge on any atom is 0.297 e. The Hall–Kier alpha value is -3.06. The molecule has 0 radical (unpaired) electrons. The van der Waals surface area contributed by atoms with Crippen LogP contribution in [0.1, 0.15) is 11.1 Å². The lowest BCUT2D eigenvalue weighted by Crippen LogP contribution is -2.68. The minimum Gasteiger partial charge on any atom is -0.394 e. The van der Waals surface area contributed by atoms with E-state index in [0.717, 1.165) is 0 Å². The first-order valence-electron chi connectivity index (χ1n) is 30.6. The molecular formula is C56H82O39S2. The van der Waals surface area contributed by atoms with E-state index in [1.165, 1.54) is 48.5 Å². The quantitative estimate of drug-likeness (QED) is 0.0828. The van der Waals surface area contributed by atoms with E-state index in [4.69, 9.17) is 74.7 Å². The van der Waals surface area contributed by atoms with Gasteiger partial charge in [-0.25, -0.2) is 0 Å². The molecule has 0 saturated carbocycles. The third-order valence-corrected chi connectivity index (χ3v) is 20.4. The number of rotatable bonds is 13. The highest BCUT2D eigenvalue weighted by molar-refractivity contribution is 7.87. The van der Waals surface area contributed by atoms with Crippen LogP contribution in [0.4, 0.5) is 0 Å². The van der Waals surface area contributed by atoms with Crippen LogP contribution in [-0.2, 0) is 94.9 Å². The summed E-state index contributed by atoms with van der Waals surface area (Å²) in [6.45, 7) is -4.71. The number of aliphatic hydroxyl groups excluding tert-OH is 19. The van der Waals surface area contributed by atoms with Gasteiger partial charge in [-0.05, 0) is 38.1 Å². The first-order chi connectivity index (χ1) is 45.9. The zero-order valence-electron chi connectivity index (χ0n) is 51.3. The molecule has 0 aliphatic carbocycles. The van der Waals surface area contributed by atoms with E-state index in [1.54, 1.807) is 13.8 Å². The number of hydrogen-bond donors (Lipinski definition) is 19. The fraction of sp³-hybridized carbons (Fsp3) is 0.786. The first-order valence-corrected chi connectivity index (χ1v) is 33.4. The molecule has 2 aromatic rings. The van der Waals surface area contributed by atoms with Gasteiger partial charge < -0.3 is 163 Å². The monoisotopic (exact) mass is 1440 g/mol. The van der Waals surface area contributed by atoms with Gasteiger partial charge in [-0.3, -0.25) is 8.37 Å². The van der Waals surface area contributed by atoms with Gasteiger partial charge in [-0.2, -0.15) is 16.8 Å². The molecule has 21 fully saturated rings. The third kappa shape index (κ3) is 16.0. The van der Waals surface area contributed by atoms with Crippen molar-refractivity contribution in [1.29, 1.82) is 0 Å². The Bertz CT molecular complexity index is 2980. The summed E-state index contributed by atoms with van der Waals surface area (Å²) in [5.74, 6) is 0. The van der Waals surface area contributed by atoms with Crippen molar-refractivity contribution < 1.29 is 189 Å². The maximum atomic E-state index is 13.6. The Labute approximate surface area is 551 Å². The molecule has 41 heteroatoms. The lowest BCUT2D eigenvalue weighted by Gasteiger charge is -2.50. The van der Waals surface area contributed by atoms with Gasteiger partial charge in [0.25, 0.3) is 20.2 Å². The van der Waals surface area contributed by atoms with E-state index in [0.29, 0.717) is 11.1 Å². The highest BCUT2D eigenvalue weighted by Crippen LogP contribution is 2.40. The third-order valence-electron chi connectivity index (χ3n) is 17.8. The van der Waals surface area contributed by atoms with Crippen molar-refractivity contribution in [3.63, 3.8) is 0 Å². The molecule has 97 heavy (non-hydrogen) atoms. The fourth-order valence-corrected chi connectivity index (χ4v) is 14.1. The molecule has 19 N–H and O–H groups in total. The summed E-state index contributed by atoms with van der Waals surface area (Å²) in [7, 11) is -9.53. The first kappa shape index (κ1) is 76.6. The van der Waals surface area contributed by atoms with Crippen molar-refractivity contribution in [2.75, 3.05) is 46.2 Å². The van der Waals surface area contributed by atoms with Crippen LogP contribution in [0, 0.1) is 13.8 Å². The summed E-state index contributed by atoms with van der Waals surface area (Å²) >= 11 is 0. The van der Waals surface area contributed by atoms with Gasteiger partial charge in [-0.1, -0.05) is 35.4 Å². The number of aliphatic hydroxyl groups is 19. The molecule has 2 aromatic carbocycles. The average molecular weight is 1440 g/mol. The van der Waals surface area contributed by atoms with Gasteiger partial charge in [0.15, 0.2) is 44.0 Å². The van der Waals surface area contributed by atoms with Crippen LogP contribution in [-0.4, -0.2) is 375 Å². The second kappa shape index (κ2) is 31.9. The van der Waals surface area contributed by atoms with Gasteiger partial charge in [-0.15, -0.1) is 0 Å². The van der Waals surface area contributed by atoms with Gasteiger partial charge in [0.05, 0.1) is 56.0 Å². The molecule has 0 unspecified atom stereocenters. The lowest BCUT2D eigenvalue weighted by atomic mass is 9.95. The minimum atomic E-state index is -4.76. The predicted molar refractivity (Wildman–Crippen MR) is 303 cm³/mol. The Morgan fingerprint density at radius 1 is 0.268 bits per heavy atom. The summed E-state index contributed by atoms with van der Waals surface area (Å²) in [5, 5.41) is 216. The molecular weight excluding hydrogens is 1360 g/mol. The summed E-state index contributed by atoms with van der Waals surface area (Å²) in [6.07, 6.45) is -75.7. The molecule has 39 nitrogen and oxygen atoms in total. The van der Waals surface area contributed by atoms with Crippen LogP contribution in [0.3, 0.4) is 0 Å². The smallest absolute Gasteiger partial charge is 0.297 e. The topological polar surface area (TPSA) is 600 Å². The van der Waals surface area contributed by atoms with Crippen molar-refractivity contribution in [3.8, 4) is 0 Å². The summed E-state index contributed by atoms with van der Waals surface area (Å²) in [4.78, 5) is -0.797. The van der Waals surface area contributed by atoms with E-state index in [-0.39, 0.29) is 0 Å². The summed E-state index contributed by atoms with van der Waals surface area (Å²) < 4.78 is 147. The van der Waals surface area contributed by atoms with Crippen molar-refractivity contribution in [1.82, 2.24) is 0 Å². The SMILES string of the molecule is Cc1ccc(S(=O)(=O)OC[C@H]2O[C@@H]3O[C@H]4[C@H](O)[C@@H](O)[C@@H](O[C@H]5[C@H](O)[C@@H](O)[C@@H](O[C@H]6[C@H](O)[C@@H](O)[C@@H](O[C@H]7[C@H](O)[C@@H](O)[C@@H](O[C@H]8[C@H](O)[C@@H](O)[C@@H](O[C@H]9[C@H](O)[C@@H](O)[C@@H](O[C@H]2[C@H](O)[C@H]3O)O[C@@H]9CO)O[C@@H]8COS(=O)(=O)c2ccc(C)cc2)O[C@@H]7CO)O[C@@H]6CO)O[C@@H]5CO)O[C@@H]4CO)cc1. The van der Waals surface area contributed by atoms with E-state index < -0.39 is 291 Å². The van der Waals surface area contributed by atoms with Gasteiger partial charge in [0.1, 0.15) is 171 Å². The molecule has 21 heterocycles. The standard InChI is InChI=1S/C56H82O39S2/c1-18-3-7-20(8-4-18)96(76,77)80-16-27-48-35(68)42(75)56(88-27)93-47-26(15-61)86-54(40(73)33(47)66)95-49-28(17-81-97(78,79)21-9-5-19(2)6-10-21)87-55(41(74)34(49)67)92-46-25(14-60)84-52(38(71)31(46)64)90-44-23(12-58)82-50(36(69)29(44)62)89-43-22(11-57)83-51(37(70)30(43)63)91-45-24(13-59)85-53(94-48)39(72)32(45)65/h3-10,22-75H,11-17H2,1-2H3/t22-,23-,24-,25-,26-,27-,28-,29-,30-,31-,32-,33-,34-,35-,36-,37-,38-,39-,40-,41-,42-,43-,44-,45-,46-,47-,48-,49-,50-,51-,52-,53-,54-,55-,56-/m1/s1. The van der Waals surface area contributed by atoms with Crippen molar-refractivity contribution in [2.24, 2.45) is 0 Å². The molecule has 35 atom stereocenters. The molecule has 0 amide bonds. The second-order valence-electron chi connectivity index (χ2n) is 24.4. The van der Waals surface area contributed by atoms with Crippen molar-refractivity contribution in [2.45, 2.75) is 239 Å². The predicted octanol–water partition coefficient (Wildman–Crippen LogP) is -11.8. The lowest BCUT2D eigenvalue weighted by molar-refractivity contribution is -0.396. The van der Waals surface area contributed by atoms with Crippen LogP contribution in [0.2, 0.25) is 0 Å². The van der Waals surface area contributed by atoms with Gasteiger partial charge in [0.2, 0.25) is 0 Å². The highest BCUT2D eigenvalue weighted by atomic mass is 32.2. The largest absolute Gasteiger partial charge is 0.394 e. The van der Waals surface area contributed by atoms with Crippen LogP contribution in [0.25, 0.3) is 0 Å². The molecule has 21 aliphatic rings. The average Bonchev–Trinajstić information content (AvgIpc) is 0.783. The van der Waals surface area contributed by atoms with E-state index in [2.05, 4.69) is 0 Å². The van der Waals surface area contributed by atoms with E-state index >= 15 is 0 Å². The van der Waals surface area contributed by atoms with Crippen molar-refractivity contribution in [3.05, 3.63) is 59.7 Å². The summed E-state index contributed by atoms with van der Waals surface area (Å²) in [6, 6.07) is 10.4. The Morgan fingerprint density at radius 2 is 0.433 bits per heavy atom. The molecule has 0 spiro atoms. The molecule has 21 aliphatic heterocycles. The molecule has 21 saturated heterocycles. The zero-order valence-corrected chi connectivity index (χ0v) is 52.9. The van der Waals surface area contributed by atoms with Crippen LogP contribution in [0.15, 0.2) is 58.3 Å². The fourth-order valence-electron chi connectivity index (χ4n) is 12.2. The number of hydrogen-bond acceptors (Lipinski definition) is 39. The molecule has 552 valence electrons. The van der Waals surface area contributed by atoms with Gasteiger partial charge in [0, 0.05) is 0 Å². The highest BCUT2D eigenvalue weighted by Gasteiger charge is 2.60. The molecule has 0 aromatic heterocycles. The van der Waals surface area contributed by atoms with E-state index in [1.807, 2.05) is 0 Å². The minimum absolute atomic E-state index is 0.398. The Balaban J connectivity index is 0.981. The second-order valence-corrected chi connectivity index (χ2v) is 27.6. The summed E-state index contributed by atoms with van der Waals surface area (Å²) in [5.41, 5.74) is 1.28. The van der Waals surface area contributed by atoms with Crippen LogP contribution < -0.4 is 0 Å². The van der Waals surface area contributed by atoms with Crippen LogP contribution >= 0.6 is 0 Å². The maximum absolute atomic E-state index is 13.6. The van der Waals surface area contributed by atoms with Gasteiger partial charge >= 0.3 is 0 Å². The number of aryl methyl sites for hydroxylation is 2. The number of benzene rings is 2. The molecule has 14 bridgehead atoms. The van der Waals surface area contributed by atoms with Crippen LogP contribution in [0.5, 0.6) is 0 Å². The van der Waals surface area contributed by atoms with Crippen molar-refractivity contribution >= 4 is 20.2 Å². The van der Waals surface area contributed by atoms with E-state index in [9.17, 15) is 114 Å². The Kier molecular flexibility index (Phi) is 25.2. The normalized spacial score (nSPS) is 46.7. The Morgan fingerprint density at radius 3 is 0.608 bits per heavy atom. The number of ether oxygens (including phenoxy) is 14.